The number of nitrogens with one attached hydrogen (secondary N) is 1. The van der Waals surface area contributed by atoms with Gasteiger partial charge in [-0.2, -0.15) is 0 Å². The van der Waals surface area contributed by atoms with Gasteiger partial charge in [-0.15, -0.1) is 0 Å². The molecule has 0 radical (unpaired) electrons. The van der Waals surface area contributed by atoms with Gasteiger partial charge in [0, 0.05) is 6.04 Å². The summed E-state index contributed by atoms with van der Waals surface area (Å²) in [5, 5.41) is 11.3. The minimum atomic E-state index is -0.709. The predicted octanol–water partition coefficient (Wildman–Crippen LogP) is 0.376. The Morgan fingerprint density at radius 3 is 2.33 bits per heavy atom. The second-order valence-electron chi connectivity index (χ2n) is 3.17. The number of carbonyl (C=O) groups is 2. The zero-order valence-electron chi connectivity index (χ0n) is 6.82. The standard InChI is InChI=1S/C8H13NO3/c10-5-9-7-3-1-6(2-4-7)8(11)12/h5-7H,1-4H2,(H,9,10)(H,11,12). The Hall–Kier alpha value is -1.06. The summed E-state index contributed by atoms with van der Waals surface area (Å²) < 4.78 is 0. The number of carboxylic acid groups (broad SMARTS) is 1. The molecule has 4 heteroatoms. The molecule has 0 atom stereocenters. The maximum Gasteiger partial charge on any atom is 0.306 e. The van der Waals surface area contributed by atoms with E-state index in [9.17, 15) is 9.59 Å². The number of rotatable bonds is 3. The van der Waals surface area contributed by atoms with Crippen LogP contribution in [0.3, 0.4) is 0 Å². The average Bonchev–Trinajstić information content (AvgIpc) is 2.06. The molecular formula is C8H13NO3. The van der Waals surface area contributed by atoms with Gasteiger partial charge in [0.15, 0.2) is 0 Å². The Labute approximate surface area is 71.0 Å². The van der Waals surface area contributed by atoms with E-state index in [2.05, 4.69) is 5.32 Å². The zero-order chi connectivity index (χ0) is 8.97. The van der Waals surface area contributed by atoms with Crippen LogP contribution in [0.15, 0.2) is 0 Å². The van der Waals surface area contributed by atoms with Gasteiger partial charge in [0.2, 0.25) is 6.41 Å². The smallest absolute Gasteiger partial charge is 0.306 e. The second kappa shape index (κ2) is 4.09. The van der Waals surface area contributed by atoms with Gasteiger partial charge >= 0.3 is 5.97 Å². The maximum atomic E-state index is 10.5. The number of amides is 1. The van der Waals surface area contributed by atoms with Crippen molar-refractivity contribution in [3.8, 4) is 0 Å². The summed E-state index contributed by atoms with van der Waals surface area (Å²) in [6.45, 7) is 0. The highest BCUT2D eigenvalue weighted by Gasteiger charge is 2.25. The first-order valence-electron chi connectivity index (χ1n) is 4.16. The molecule has 1 amide bonds. The molecule has 1 fully saturated rings. The molecule has 4 nitrogen and oxygen atoms in total. The third-order valence-electron chi connectivity index (χ3n) is 2.38. The second-order valence-corrected chi connectivity index (χ2v) is 3.17. The Morgan fingerprint density at radius 1 is 1.33 bits per heavy atom. The van der Waals surface area contributed by atoms with Crippen LogP contribution in [0.1, 0.15) is 25.7 Å². The lowest BCUT2D eigenvalue weighted by Gasteiger charge is -2.25. The van der Waals surface area contributed by atoms with Crippen molar-refractivity contribution >= 4 is 12.4 Å². The van der Waals surface area contributed by atoms with Crippen LogP contribution in [0, 0.1) is 5.92 Å². The van der Waals surface area contributed by atoms with Gasteiger partial charge in [-0.1, -0.05) is 0 Å². The predicted molar refractivity (Wildman–Crippen MR) is 42.6 cm³/mol. The SMILES string of the molecule is O=CNC1CCC(C(=O)O)CC1. The minimum absolute atomic E-state index is 0.193. The van der Waals surface area contributed by atoms with Crippen LogP contribution in [0.25, 0.3) is 0 Å². The fourth-order valence-corrected chi connectivity index (χ4v) is 1.60. The van der Waals surface area contributed by atoms with Gasteiger partial charge in [0.25, 0.3) is 0 Å². The molecule has 0 unspecified atom stereocenters. The highest BCUT2D eigenvalue weighted by molar-refractivity contribution is 5.70. The van der Waals surface area contributed by atoms with Crippen LogP contribution >= 0.6 is 0 Å². The molecule has 2 N–H and O–H groups in total. The van der Waals surface area contributed by atoms with Crippen molar-refractivity contribution in [3.63, 3.8) is 0 Å². The summed E-state index contributed by atoms with van der Waals surface area (Å²) in [6, 6.07) is 0.193. The molecule has 1 saturated carbocycles. The van der Waals surface area contributed by atoms with Crippen molar-refractivity contribution in [1.82, 2.24) is 5.32 Å². The van der Waals surface area contributed by atoms with Crippen molar-refractivity contribution in [2.24, 2.45) is 5.92 Å². The van der Waals surface area contributed by atoms with E-state index in [1.807, 2.05) is 0 Å². The maximum absolute atomic E-state index is 10.5. The van der Waals surface area contributed by atoms with Crippen molar-refractivity contribution in [2.45, 2.75) is 31.7 Å². The summed E-state index contributed by atoms with van der Waals surface area (Å²) >= 11 is 0. The summed E-state index contributed by atoms with van der Waals surface area (Å²) in [4.78, 5) is 20.6. The van der Waals surface area contributed by atoms with E-state index < -0.39 is 5.97 Å². The third-order valence-corrected chi connectivity index (χ3v) is 2.38. The largest absolute Gasteiger partial charge is 0.481 e. The molecule has 1 aliphatic rings. The number of hydrogen-bond donors (Lipinski definition) is 2. The summed E-state index contributed by atoms with van der Waals surface area (Å²) in [7, 11) is 0. The number of aliphatic carboxylic acids is 1. The molecule has 0 aliphatic heterocycles. The molecule has 0 heterocycles. The Morgan fingerprint density at radius 2 is 1.92 bits per heavy atom. The Balaban J connectivity index is 2.29. The van der Waals surface area contributed by atoms with E-state index in [-0.39, 0.29) is 12.0 Å². The van der Waals surface area contributed by atoms with Crippen molar-refractivity contribution in [3.05, 3.63) is 0 Å². The molecule has 0 aromatic rings. The third kappa shape index (κ3) is 2.22. The lowest BCUT2D eigenvalue weighted by Crippen LogP contribution is -2.33. The first-order valence-corrected chi connectivity index (χ1v) is 4.16. The van der Waals surface area contributed by atoms with Crippen LogP contribution in [-0.4, -0.2) is 23.5 Å². The van der Waals surface area contributed by atoms with E-state index in [1.165, 1.54) is 0 Å². The van der Waals surface area contributed by atoms with Gasteiger partial charge in [-0.3, -0.25) is 9.59 Å². The van der Waals surface area contributed by atoms with Gasteiger partial charge < -0.3 is 10.4 Å². The fraction of sp³-hybridized carbons (Fsp3) is 0.750. The lowest BCUT2D eigenvalue weighted by atomic mass is 9.86. The summed E-state index contributed by atoms with van der Waals surface area (Å²) in [5.74, 6) is -0.908. The quantitative estimate of drug-likeness (QED) is 0.603. The monoisotopic (exact) mass is 171 g/mol. The van der Waals surface area contributed by atoms with Crippen molar-refractivity contribution < 1.29 is 14.7 Å². The highest BCUT2D eigenvalue weighted by Crippen LogP contribution is 2.23. The minimum Gasteiger partial charge on any atom is -0.481 e. The zero-order valence-corrected chi connectivity index (χ0v) is 6.82. The Kier molecular flexibility index (Phi) is 3.08. The molecule has 0 aromatic carbocycles. The van der Waals surface area contributed by atoms with E-state index in [0.717, 1.165) is 12.8 Å². The van der Waals surface area contributed by atoms with Gasteiger partial charge in [0.1, 0.15) is 0 Å². The van der Waals surface area contributed by atoms with Gasteiger partial charge in [-0.05, 0) is 25.7 Å². The van der Waals surface area contributed by atoms with Crippen LogP contribution < -0.4 is 5.32 Å². The normalized spacial score (nSPS) is 29.3. The average molecular weight is 171 g/mol. The molecule has 0 aromatic heterocycles. The first-order chi connectivity index (χ1) is 5.74. The lowest BCUT2D eigenvalue weighted by molar-refractivity contribution is -0.142. The molecule has 0 saturated heterocycles. The van der Waals surface area contributed by atoms with Crippen molar-refractivity contribution in [2.75, 3.05) is 0 Å². The summed E-state index contributed by atoms with van der Waals surface area (Å²) in [5.41, 5.74) is 0. The van der Waals surface area contributed by atoms with Gasteiger partial charge in [0.05, 0.1) is 5.92 Å². The van der Waals surface area contributed by atoms with E-state index in [4.69, 9.17) is 5.11 Å². The van der Waals surface area contributed by atoms with Gasteiger partial charge in [-0.25, -0.2) is 0 Å². The molecular weight excluding hydrogens is 158 g/mol. The molecule has 68 valence electrons. The van der Waals surface area contributed by atoms with Crippen LogP contribution in [0.2, 0.25) is 0 Å². The van der Waals surface area contributed by atoms with E-state index >= 15 is 0 Å². The van der Waals surface area contributed by atoms with Crippen LogP contribution in [-0.2, 0) is 9.59 Å². The van der Waals surface area contributed by atoms with Crippen LogP contribution in [0.4, 0.5) is 0 Å². The molecule has 0 spiro atoms. The summed E-state index contributed by atoms with van der Waals surface area (Å²) in [6.07, 6.45) is 3.62. The molecule has 1 rings (SSSR count). The Bertz CT molecular complexity index is 173. The number of carbonyl (C=O) groups excluding carboxylic acids is 1. The molecule has 1 aliphatic carbocycles. The topological polar surface area (TPSA) is 66.4 Å². The first kappa shape index (κ1) is 9.03. The molecule has 0 bridgehead atoms. The van der Waals surface area contributed by atoms with E-state index in [1.54, 1.807) is 0 Å². The van der Waals surface area contributed by atoms with Crippen LogP contribution in [0.5, 0.6) is 0 Å². The molecule has 12 heavy (non-hydrogen) atoms. The fourth-order valence-electron chi connectivity index (χ4n) is 1.60. The number of hydrogen-bond acceptors (Lipinski definition) is 2. The van der Waals surface area contributed by atoms with Crippen molar-refractivity contribution in [1.29, 1.82) is 0 Å². The highest BCUT2D eigenvalue weighted by atomic mass is 16.4. The number of carboxylic acids is 1. The van der Waals surface area contributed by atoms with E-state index in [0.29, 0.717) is 19.3 Å².